The molecule has 0 unspecified atom stereocenters. The Balaban J connectivity index is 0.00000121. The van der Waals surface area contributed by atoms with Gasteiger partial charge in [0, 0.05) is 13.5 Å². The van der Waals surface area contributed by atoms with E-state index >= 15 is 0 Å². The van der Waals surface area contributed by atoms with Crippen LogP contribution in [0.15, 0.2) is 0 Å². The van der Waals surface area contributed by atoms with Crippen LogP contribution in [0, 0.1) is 0 Å². The number of hydrogen-bond acceptors (Lipinski definition) is 2. The number of hydrogen-bond donors (Lipinski definition) is 1. The highest BCUT2D eigenvalue weighted by Gasteiger charge is 2.31. The highest BCUT2D eigenvalue weighted by atomic mass is 16.4. The molecule has 5 heteroatoms. The predicted molar refractivity (Wildman–Crippen MR) is 41.7 cm³/mol. The van der Waals surface area contributed by atoms with Gasteiger partial charge < -0.3 is 15.5 Å². The van der Waals surface area contributed by atoms with Gasteiger partial charge in [0.25, 0.3) is 0 Å². The molecule has 1 aliphatic rings. The van der Waals surface area contributed by atoms with Crippen molar-refractivity contribution < 1.29 is 20.2 Å². The molecule has 1 amide bonds. The molecule has 0 aromatic rings. The monoisotopic (exact) mass is 175 g/mol. The Kier molecular flexibility index (Phi) is 3.69. The summed E-state index contributed by atoms with van der Waals surface area (Å²) < 4.78 is 0. The number of carbonyl (C=O) groups excluding carboxylic acids is 1. The van der Waals surface area contributed by atoms with Crippen LogP contribution < -0.4 is 0 Å². The molecule has 1 rings (SSSR count). The minimum Gasteiger partial charge on any atom is -0.480 e. The first-order valence-corrected chi connectivity index (χ1v) is 3.63. The molecule has 70 valence electrons. The van der Waals surface area contributed by atoms with Gasteiger partial charge in [-0.2, -0.15) is 0 Å². The van der Waals surface area contributed by atoms with Gasteiger partial charge in [0.1, 0.15) is 6.04 Å². The molecule has 1 heterocycles. The molecule has 1 saturated heterocycles. The number of aliphatic carboxylic acids is 1. The molecule has 0 spiro atoms. The van der Waals surface area contributed by atoms with Crippen LogP contribution in [0.5, 0.6) is 0 Å². The largest absolute Gasteiger partial charge is 0.480 e. The Morgan fingerprint density at radius 1 is 1.50 bits per heavy atom. The SMILES string of the molecule is CC(=O)N1CCC[C@H]1C(=O)O.O. The number of likely N-dealkylation sites (tertiary alicyclic amines) is 1. The smallest absolute Gasteiger partial charge is 0.326 e. The first kappa shape index (κ1) is 10.9. The van der Waals surface area contributed by atoms with Gasteiger partial charge in [-0.25, -0.2) is 4.79 Å². The maximum absolute atomic E-state index is 10.8. The van der Waals surface area contributed by atoms with Crippen molar-refractivity contribution in [1.82, 2.24) is 4.90 Å². The zero-order chi connectivity index (χ0) is 8.43. The number of rotatable bonds is 1. The molecule has 1 fully saturated rings. The summed E-state index contributed by atoms with van der Waals surface area (Å²) in [5.74, 6) is -1.03. The molecule has 12 heavy (non-hydrogen) atoms. The topological polar surface area (TPSA) is 89.1 Å². The summed E-state index contributed by atoms with van der Waals surface area (Å²) in [5, 5.41) is 8.64. The molecule has 3 N–H and O–H groups in total. The van der Waals surface area contributed by atoms with Crippen molar-refractivity contribution >= 4 is 11.9 Å². The van der Waals surface area contributed by atoms with Crippen molar-refractivity contribution in [1.29, 1.82) is 0 Å². The first-order valence-electron chi connectivity index (χ1n) is 3.63. The van der Waals surface area contributed by atoms with Crippen LogP contribution in [0.4, 0.5) is 0 Å². The quantitative estimate of drug-likeness (QED) is 0.569. The lowest BCUT2D eigenvalue weighted by Crippen LogP contribution is -2.38. The minimum absolute atomic E-state index is 0. The number of carboxylic acids is 1. The van der Waals surface area contributed by atoms with E-state index < -0.39 is 12.0 Å². The normalized spacial score (nSPS) is 21.8. The molecular formula is C7H13NO4. The average Bonchev–Trinajstić information content (AvgIpc) is 2.32. The summed E-state index contributed by atoms with van der Waals surface area (Å²) in [6.07, 6.45) is 1.39. The second-order valence-corrected chi connectivity index (χ2v) is 2.71. The molecule has 0 aromatic carbocycles. The average molecular weight is 175 g/mol. The van der Waals surface area contributed by atoms with E-state index in [1.165, 1.54) is 11.8 Å². The third-order valence-corrected chi connectivity index (χ3v) is 1.94. The van der Waals surface area contributed by atoms with E-state index in [4.69, 9.17) is 5.11 Å². The lowest BCUT2D eigenvalue weighted by molar-refractivity contribution is -0.147. The summed E-state index contributed by atoms with van der Waals surface area (Å²) >= 11 is 0. The molecular weight excluding hydrogens is 162 g/mol. The van der Waals surface area contributed by atoms with Crippen LogP contribution in [0.3, 0.4) is 0 Å². The molecule has 1 atom stereocenters. The van der Waals surface area contributed by atoms with Gasteiger partial charge in [-0.05, 0) is 12.8 Å². The fourth-order valence-corrected chi connectivity index (χ4v) is 1.40. The van der Waals surface area contributed by atoms with Crippen LogP contribution in [-0.4, -0.2) is 39.9 Å². The summed E-state index contributed by atoms with van der Waals surface area (Å²) in [7, 11) is 0. The minimum atomic E-state index is -0.891. The molecule has 5 nitrogen and oxygen atoms in total. The second kappa shape index (κ2) is 4.06. The van der Waals surface area contributed by atoms with E-state index in [1.807, 2.05) is 0 Å². The Morgan fingerprint density at radius 2 is 2.08 bits per heavy atom. The molecule has 0 aliphatic carbocycles. The van der Waals surface area contributed by atoms with E-state index in [2.05, 4.69) is 0 Å². The van der Waals surface area contributed by atoms with Crippen LogP contribution in [0.2, 0.25) is 0 Å². The second-order valence-electron chi connectivity index (χ2n) is 2.71. The molecule has 0 radical (unpaired) electrons. The number of amides is 1. The first-order chi connectivity index (χ1) is 5.13. The van der Waals surface area contributed by atoms with E-state index in [0.29, 0.717) is 13.0 Å². The standard InChI is InChI=1S/C7H11NO3.H2O/c1-5(9)8-4-2-3-6(8)7(10)11;/h6H,2-4H2,1H3,(H,10,11);1H2/t6-;/m0./s1. The Labute approximate surface area is 70.3 Å². The van der Waals surface area contributed by atoms with Gasteiger partial charge in [-0.15, -0.1) is 0 Å². The maximum Gasteiger partial charge on any atom is 0.326 e. The van der Waals surface area contributed by atoms with E-state index in [-0.39, 0.29) is 11.4 Å². The lowest BCUT2D eigenvalue weighted by Gasteiger charge is -2.18. The van der Waals surface area contributed by atoms with Gasteiger partial charge >= 0.3 is 5.97 Å². The van der Waals surface area contributed by atoms with Crippen LogP contribution in [0.25, 0.3) is 0 Å². The van der Waals surface area contributed by atoms with Gasteiger partial charge in [0.2, 0.25) is 5.91 Å². The Bertz CT molecular complexity index is 172. The molecule has 0 bridgehead atoms. The van der Waals surface area contributed by atoms with Crippen LogP contribution >= 0.6 is 0 Å². The third kappa shape index (κ3) is 1.94. The molecule has 0 saturated carbocycles. The lowest BCUT2D eigenvalue weighted by atomic mass is 10.2. The van der Waals surface area contributed by atoms with E-state index in [9.17, 15) is 9.59 Å². The predicted octanol–water partition coefficient (Wildman–Crippen LogP) is -0.743. The summed E-state index contributed by atoms with van der Waals surface area (Å²) in [5.41, 5.74) is 0. The third-order valence-electron chi connectivity index (χ3n) is 1.94. The highest BCUT2D eigenvalue weighted by Crippen LogP contribution is 2.16. The molecule has 1 aliphatic heterocycles. The van der Waals surface area contributed by atoms with Gasteiger partial charge in [-0.3, -0.25) is 4.79 Å². The van der Waals surface area contributed by atoms with Gasteiger partial charge in [0.05, 0.1) is 0 Å². The fourth-order valence-electron chi connectivity index (χ4n) is 1.40. The Morgan fingerprint density at radius 3 is 2.42 bits per heavy atom. The van der Waals surface area contributed by atoms with Crippen molar-refractivity contribution in [2.75, 3.05) is 6.54 Å². The van der Waals surface area contributed by atoms with E-state index in [1.54, 1.807) is 0 Å². The van der Waals surface area contributed by atoms with Crippen LogP contribution in [-0.2, 0) is 9.59 Å². The Hall–Kier alpha value is -1.10. The van der Waals surface area contributed by atoms with Crippen molar-refractivity contribution in [2.24, 2.45) is 0 Å². The maximum atomic E-state index is 10.8. The van der Waals surface area contributed by atoms with Gasteiger partial charge in [-0.1, -0.05) is 0 Å². The number of nitrogens with zero attached hydrogens (tertiary/aromatic N) is 1. The van der Waals surface area contributed by atoms with Crippen molar-refractivity contribution in [2.45, 2.75) is 25.8 Å². The van der Waals surface area contributed by atoms with Crippen molar-refractivity contribution in [3.63, 3.8) is 0 Å². The fraction of sp³-hybridized carbons (Fsp3) is 0.714. The zero-order valence-corrected chi connectivity index (χ0v) is 6.91. The number of carbonyl (C=O) groups is 2. The number of carboxylic acid groups (broad SMARTS) is 1. The molecule has 0 aromatic heterocycles. The summed E-state index contributed by atoms with van der Waals surface area (Å²) in [6.45, 7) is 1.99. The zero-order valence-electron chi connectivity index (χ0n) is 6.91. The highest BCUT2D eigenvalue weighted by molar-refractivity contribution is 5.82. The summed E-state index contributed by atoms with van der Waals surface area (Å²) in [6, 6.07) is -0.576. The van der Waals surface area contributed by atoms with E-state index in [0.717, 1.165) is 6.42 Å². The summed E-state index contributed by atoms with van der Waals surface area (Å²) in [4.78, 5) is 22.8. The van der Waals surface area contributed by atoms with Crippen molar-refractivity contribution in [3.05, 3.63) is 0 Å². The van der Waals surface area contributed by atoms with Crippen LogP contribution in [0.1, 0.15) is 19.8 Å². The van der Waals surface area contributed by atoms with Crippen molar-refractivity contribution in [3.8, 4) is 0 Å². The van der Waals surface area contributed by atoms with Gasteiger partial charge in [0.15, 0.2) is 0 Å².